The number of hydrogen-bond donors (Lipinski definition) is 1. The van der Waals surface area contributed by atoms with Crippen LogP contribution in [0.5, 0.6) is 0 Å². The maximum atomic E-state index is 11.0. The van der Waals surface area contributed by atoms with Gasteiger partial charge >= 0.3 is 5.97 Å². The second-order valence-corrected chi connectivity index (χ2v) is 4.94. The molecule has 8 heteroatoms. The minimum Gasteiger partial charge on any atom is -0.481 e. The summed E-state index contributed by atoms with van der Waals surface area (Å²) in [6.45, 7) is 3.45. The normalized spacial score (nSPS) is 11.6. The van der Waals surface area contributed by atoms with Crippen LogP contribution in [0.3, 0.4) is 0 Å². The SMILES string of the molecule is CC(C)(Cn1nnnc1-c1cscn1)C(=O)O. The second kappa shape index (κ2) is 4.21. The van der Waals surface area contributed by atoms with Gasteiger partial charge in [-0.25, -0.2) is 9.67 Å². The van der Waals surface area contributed by atoms with Crippen molar-refractivity contribution in [3.8, 4) is 11.5 Å². The molecule has 2 aromatic rings. The average molecular weight is 253 g/mol. The molecule has 0 radical (unpaired) electrons. The fourth-order valence-corrected chi connectivity index (χ4v) is 1.79. The van der Waals surface area contributed by atoms with Crippen molar-refractivity contribution in [3.63, 3.8) is 0 Å². The molecule has 0 fully saturated rings. The summed E-state index contributed by atoms with van der Waals surface area (Å²) in [6.07, 6.45) is 0. The van der Waals surface area contributed by atoms with Crippen molar-refractivity contribution < 1.29 is 9.90 Å². The molecule has 7 nitrogen and oxygen atoms in total. The molecule has 0 saturated carbocycles. The van der Waals surface area contributed by atoms with Crippen molar-refractivity contribution in [1.29, 1.82) is 0 Å². The van der Waals surface area contributed by atoms with Gasteiger partial charge < -0.3 is 5.11 Å². The molecule has 0 aliphatic rings. The van der Waals surface area contributed by atoms with E-state index in [1.807, 2.05) is 5.38 Å². The Labute approximate surface area is 101 Å². The lowest BCUT2D eigenvalue weighted by molar-refractivity contribution is -0.147. The second-order valence-electron chi connectivity index (χ2n) is 4.22. The first kappa shape index (κ1) is 11.6. The van der Waals surface area contributed by atoms with Gasteiger partial charge in [0.15, 0.2) is 0 Å². The third-order valence-corrected chi connectivity index (χ3v) is 2.90. The van der Waals surface area contributed by atoms with Gasteiger partial charge in [0.2, 0.25) is 5.82 Å². The highest BCUT2D eigenvalue weighted by Crippen LogP contribution is 2.22. The number of aromatic nitrogens is 5. The first-order valence-electron chi connectivity index (χ1n) is 4.89. The highest BCUT2D eigenvalue weighted by atomic mass is 32.1. The Kier molecular flexibility index (Phi) is 2.88. The van der Waals surface area contributed by atoms with Crippen molar-refractivity contribution in [2.45, 2.75) is 20.4 Å². The molecule has 2 heterocycles. The van der Waals surface area contributed by atoms with E-state index in [-0.39, 0.29) is 6.54 Å². The predicted molar refractivity (Wildman–Crippen MR) is 60.3 cm³/mol. The Morgan fingerprint density at radius 2 is 2.35 bits per heavy atom. The van der Waals surface area contributed by atoms with Crippen LogP contribution in [0, 0.1) is 5.41 Å². The fraction of sp³-hybridized carbons (Fsp3) is 0.444. The number of carbonyl (C=O) groups is 1. The highest BCUT2D eigenvalue weighted by Gasteiger charge is 2.29. The zero-order valence-electron chi connectivity index (χ0n) is 9.36. The maximum absolute atomic E-state index is 11.0. The molecule has 0 bridgehead atoms. The number of thiazole rings is 1. The number of carboxylic acids is 1. The van der Waals surface area contributed by atoms with E-state index in [0.717, 1.165) is 0 Å². The standard InChI is InChI=1S/C9H11N5O2S/c1-9(2,8(15)16)4-14-7(11-12-13-14)6-3-17-5-10-6/h3,5H,4H2,1-2H3,(H,15,16). The molecule has 0 aromatic carbocycles. The van der Waals surface area contributed by atoms with E-state index in [2.05, 4.69) is 20.5 Å². The Morgan fingerprint density at radius 3 is 2.94 bits per heavy atom. The maximum Gasteiger partial charge on any atom is 0.310 e. The van der Waals surface area contributed by atoms with Crippen LogP contribution in [0.15, 0.2) is 10.9 Å². The molecule has 0 unspecified atom stereocenters. The molecule has 2 aromatic heterocycles. The van der Waals surface area contributed by atoms with E-state index >= 15 is 0 Å². The van der Waals surface area contributed by atoms with Crippen molar-refractivity contribution in [2.24, 2.45) is 5.41 Å². The summed E-state index contributed by atoms with van der Waals surface area (Å²) in [5.41, 5.74) is 1.40. The average Bonchev–Trinajstić information content (AvgIpc) is 2.85. The van der Waals surface area contributed by atoms with Crippen molar-refractivity contribution in [3.05, 3.63) is 10.9 Å². The summed E-state index contributed by atoms with van der Waals surface area (Å²) in [4.78, 5) is 15.2. The number of hydrogen-bond acceptors (Lipinski definition) is 6. The summed E-state index contributed by atoms with van der Waals surface area (Å²) >= 11 is 1.43. The molecule has 0 spiro atoms. The van der Waals surface area contributed by atoms with Gasteiger partial charge in [0.05, 0.1) is 17.5 Å². The quantitative estimate of drug-likeness (QED) is 0.870. The van der Waals surface area contributed by atoms with Crippen LogP contribution in [0.2, 0.25) is 0 Å². The van der Waals surface area contributed by atoms with Gasteiger partial charge in [-0.05, 0) is 24.3 Å². The minimum absolute atomic E-state index is 0.197. The molecule has 0 aliphatic carbocycles. The van der Waals surface area contributed by atoms with Gasteiger partial charge in [0.1, 0.15) is 5.69 Å². The third-order valence-electron chi connectivity index (χ3n) is 2.32. The number of tetrazole rings is 1. The number of carboxylic acid groups (broad SMARTS) is 1. The van der Waals surface area contributed by atoms with Crippen molar-refractivity contribution in [2.75, 3.05) is 0 Å². The molecule has 17 heavy (non-hydrogen) atoms. The zero-order chi connectivity index (χ0) is 12.5. The van der Waals surface area contributed by atoms with E-state index in [1.165, 1.54) is 16.0 Å². The molecule has 2 rings (SSSR count). The summed E-state index contributed by atoms with van der Waals surface area (Å²) in [7, 11) is 0. The Bertz CT molecular complexity index is 519. The van der Waals surface area contributed by atoms with Crippen LogP contribution >= 0.6 is 11.3 Å². The van der Waals surface area contributed by atoms with E-state index in [9.17, 15) is 4.79 Å². The van der Waals surface area contributed by atoms with E-state index < -0.39 is 11.4 Å². The lowest BCUT2D eigenvalue weighted by Gasteiger charge is -2.18. The number of aliphatic carboxylic acids is 1. The van der Waals surface area contributed by atoms with Gasteiger partial charge in [-0.15, -0.1) is 16.4 Å². The summed E-state index contributed by atoms with van der Waals surface area (Å²) in [5.74, 6) is -0.405. The Hall–Kier alpha value is -1.83. The Balaban J connectivity index is 2.30. The van der Waals surface area contributed by atoms with Crippen LogP contribution in [0.25, 0.3) is 11.5 Å². The van der Waals surface area contributed by atoms with Crippen LogP contribution in [-0.4, -0.2) is 36.3 Å². The van der Waals surface area contributed by atoms with Crippen LogP contribution in [0.1, 0.15) is 13.8 Å². The van der Waals surface area contributed by atoms with E-state index in [1.54, 1.807) is 19.4 Å². The summed E-state index contributed by atoms with van der Waals surface area (Å²) in [5, 5.41) is 22.1. The van der Waals surface area contributed by atoms with Gasteiger partial charge in [-0.1, -0.05) is 0 Å². The zero-order valence-corrected chi connectivity index (χ0v) is 10.2. The predicted octanol–water partition coefficient (Wildman–Crippen LogP) is 0.907. The number of nitrogens with zero attached hydrogens (tertiary/aromatic N) is 5. The monoisotopic (exact) mass is 253 g/mol. The van der Waals surface area contributed by atoms with Gasteiger partial charge in [0.25, 0.3) is 0 Å². The first-order valence-corrected chi connectivity index (χ1v) is 5.83. The molecule has 0 atom stereocenters. The van der Waals surface area contributed by atoms with Crippen molar-refractivity contribution >= 4 is 17.3 Å². The molecule has 0 aliphatic heterocycles. The first-order chi connectivity index (χ1) is 8.00. The van der Waals surface area contributed by atoms with Gasteiger partial charge in [-0.3, -0.25) is 4.79 Å². The van der Waals surface area contributed by atoms with Crippen LogP contribution in [0.4, 0.5) is 0 Å². The molecular formula is C9H11N5O2S. The Morgan fingerprint density at radius 1 is 1.59 bits per heavy atom. The molecule has 0 saturated heterocycles. The van der Waals surface area contributed by atoms with Gasteiger partial charge in [0, 0.05) is 5.38 Å². The molecular weight excluding hydrogens is 242 g/mol. The van der Waals surface area contributed by atoms with Gasteiger partial charge in [-0.2, -0.15) is 0 Å². The topological polar surface area (TPSA) is 93.8 Å². The number of rotatable bonds is 4. The van der Waals surface area contributed by atoms with Crippen LogP contribution in [-0.2, 0) is 11.3 Å². The summed E-state index contributed by atoms with van der Waals surface area (Å²) in [6, 6.07) is 0. The molecule has 90 valence electrons. The highest BCUT2D eigenvalue weighted by molar-refractivity contribution is 7.07. The fourth-order valence-electron chi connectivity index (χ4n) is 1.26. The molecule has 0 amide bonds. The molecule has 1 N–H and O–H groups in total. The minimum atomic E-state index is -0.930. The van der Waals surface area contributed by atoms with E-state index in [4.69, 9.17) is 5.11 Å². The van der Waals surface area contributed by atoms with Crippen LogP contribution < -0.4 is 0 Å². The van der Waals surface area contributed by atoms with Crippen molar-refractivity contribution in [1.82, 2.24) is 25.2 Å². The summed E-state index contributed by atoms with van der Waals surface area (Å²) < 4.78 is 1.46. The lowest BCUT2D eigenvalue weighted by atomic mass is 9.94. The smallest absolute Gasteiger partial charge is 0.310 e. The van der Waals surface area contributed by atoms with E-state index in [0.29, 0.717) is 11.5 Å². The third kappa shape index (κ3) is 2.31. The largest absolute Gasteiger partial charge is 0.481 e. The lowest BCUT2D eigenvalue weighted by Crippen LogP contribution is -2.30.